The van der Waals surface area contributed by atoms with E-state index in [0.717, 1.165) is 11.2 Å². The summed E-state index contributed by atoms with van der Waals surface area (Å²) in [5.41, 5.74) is 1.73. The van der Waals surface area contributed by atoms with E-state index in [1.807, 2.05) is 19.0 Å². The Bertz CT molecular complexity index is 1610. The number of morpholine rings is 2. The number of carbonyl (C=O) groups excluding carboxylic acids is 1. The number of ether oxygens (including phenoxy) is 3. The van der Waals surface area contributed by atoms with Crippen molar-refractivity contribution in [1.29, 1.82) is 0 Å². The number of fused-ring (bicyclic) bond motifs is 3. The van der Waals surface area contributed by atoms with Crippen LogP contribution < -0.4 is 20.3 Å². The van der Waals surface area contributed by atoms with Crippen LogP contribution in [0.3, 0.4) is 0 Å². The molecule has 0 saturated carbocycles. The van der Waals surface area contributed by atoms with Crippen LogP contribution >= 0.6 is 0 Å². The number of urea groups is 1. The van der Waals surface area contributed by atoms with Crippen molar-refractivity contribution in [3.05, 3.63) is 54.7 Å². The second-order valence-corrected chi connectivity index (χ2v) is 11.1. The molecule has 2 N–H and O–H groups in total. The van der Waals surface area contributed by atoms with Crippen LogP contribution in [0.2, 0.25) is 0 Å². The van der Waals surface area contributed by atoms with Crippen molar-refractivity contribution >= 4 is 34.3 Å². The van der Waals surface area contributed by atoms with Crippen molar-refractivity contribution in [3.8, 4) is 17.1 Å². The number of aromatic nitrogens is 4. The summed E-state index contributed by atoms with van der Waals surface area (Å²) in [6.45, 7) is 1.69. The first-order valence-electron chi connectivity index (χ1n) is 14.4. The number of hydrogen-bond donors (Lipinski definition) is 2. The number of rotatable bonds is 9. The Morgan fingerprint density at radius 1 is 0.956 bits per heavy atom. The van der Waals surface area contributed by atoms with Gasteiger partial charge in [0.15, 0.2) is 11.5 Å². The fourth-order valence-electron chi connectivity index (χ4n) is 5.27. The van der Waals surface area contributed by atoms with E-state index < -0.39 is 18.8 Å². The molecule has 12 nitrogen and oxygen atoms in total. The molecule has 2 aliphatic rings. The fraction of sp³-hybridized carbons (Fsp3) is 0.400. The number of halogens is 3. The molecular formula is C30H33F3N8O4. The summed E-state index contributed by atoms with van der Waals surface area (Å²) in [5.74, 6) is 1.42. The second-order valence-electron chi connectivity index (χ2n) is 11.1. The molecule has 0 atom stereocenters. The highest BCUT2D eigenvalue weighted by Gasteiger charge is 2.38. The summed E-state index contributed by atoms with van der Waals surface area (Å²) in [6, 6.07) is 13.1. The third-order valence-corrected chi connectivity index (χ3v) is 7.40. The van der Waals surface area contributed by atoms with E-state index in [-0.39, 0.29) is 23.6 Å². The van der Waals surface area contributed by atoms with Crippen LogP contribution in [-0.4, -0.2) is 103 Å². The van der Waals surface area contributed by atoms with Crippen molar-refractivity contribution in [2.75, 3.05) is 69.2 Å². The minimum atomic E-state index is -4.48. The third kappa shape index (κ3) is 7.27. The molecule has 0 spiro atoms. The Balaban J connectivity index is 1.20. The minimum absolute atomic E-state index is 0.0773. The number of hydrogen-bond acceptors (Lipinski definition) is 9. The van der Waals surface area contributed by atoms with Gasteiger partial charge in [-0.15, -0.1) is 0 Å². The molecule has 4 heterocycles. The van der Waals surface area contributed by atoms with Gasteiger partial charge in [0.2, 0.25) is 0 Å². The molecule has 2 aromatic carbocycles. The highest BCUT2D eigenvalue weighted by atomic mass is 19.4. The van der Waals surface area contributed by atoms with E-state index >= 15 is 0 Å². The lowest BCUT2D eigenvalue weighted by atomic mass is 10.1. The average molecular weight is 627 g/mol. The summed E-state index contributed by atoms with van der Waals surface area (Å²) in [7, 11) is 3.94. The third-order valence-electron chi connectivity index (χ3n) is 7.40. The number of benzene rings is 2. The predicted molar refractivity (Wildman–Crippen MR) is 162 cm³/mol. The first-order valence-corrected chi connectivity index (χ1v) is 14.4. The second kappa shape index (κ2) is 12.9. The Kier molecular flexibility index (Phi) is 8.74. The van der Waals surface area contributed by atoms with Crippen LogP contribution in [0.1, 0.15) is 0 Å². The minimum Gasteiger partial charge on any atom is -0.492 e. The fourth-order valence-corrected chi connectivity index (χ4v) is 5.27. The molecule has 2 fully saturated rings. The standard InChI is InChI=1S/C30H33F3N8O4/c1-39(2)11-12-45-24-9-7-21(8-10-24)36-29(42)35-20-5-3-19(4-6-20)26-37-27-25(13-34-40(27)18-30(31,32)33)28(38-26)41-22-14-43-16-23(41)17-44-15-22/h3-10,13,22-23H,11-12,14-18H2,1-2H3,(H2,35,36,42). The van der Waals surface area contributed by atoms with Crippen LogP contribution in [-0.2, 0) is 16.0 Å². The number of nitrogens with zero attached hydrogens (tertiary/aromatic N) is 6. The van der Waals surface area contributed by atoms with Crippen molar-refractivity contribution in [3.63, 3.8) is 0 Å². The first kappa shape index (κ1) is 30.6. The van der Waals surface area contributed by atoms with Crippen LogP contribution in [0.4, 0.5) is 35.2 Å². The molecule has 2 amide bonds. The lowest BCUT2D eigenvalue weighted by Gasteiger charge is -2.46. The molecule has 0 aliphatic carbocycles. The molecule has 2 aliphatic heterocycles. The van der Waals surface area contributed by atoms with Gasteiger partial charge in [0.1, 0.15) is 24.7 Å². The summed E-state index contributed by atoms with van der Waals surface area (Å²) in [4.78, 5) is 26.1. The molecule has 0 radical (unpaired) electrons. The summed E-state index contributed by atoms with van der Waals surface area (Å²) >= 11 is 0. The number of carbonyl (C=O) groups is 1. The topological polar surface area (TPSA) is 119 Å². The van der Waals surface area contributed by atoms with Crippen LogP contribution in [0.15, 0.2) is 54.7 Å². The molecule has 6 rings (SSSR count). The van der Waals surface area contributed by atoms with E-state index in [1.54, 1.807) is 48.5 Å². The molecule has 2 bridgehead atoms. The molecule has 45 heavy (non-hydrogen) atoms. The summed E-state index contributed by atoms with van der Waals surface area (Å²) in [5, 5.41) is 9.99. The maximum absolute atomic E-state index is 13.4. The van der Waals surface area contributed by atoms with E-state index in [9.17, 15) is 18.0 Å². The summed E-state index contributed by atoms with van der Waals surface area (Å²) in [6.07, 6.45) is -3.10. The normalized spacial score (nSPS) is 18.3. The maximum atomic E-state index is 13.4. The van der Waals surface area contributed by atoms with Crippen molar-refractivity contribution in [2.45, 2.75) is 24.8 Å². The Hall–Kier alpha value is -4.47. The highest BCUT2D eigenvalue weighted by Crippen LogP contribution is 2.34. The van der Waals surface area contributed by atoms with E-state index in [2.05, 4.69) is 25.6 Å². The Labute approximate surface area is 257 Å². The largest absolute Gasteiger partial charge is 0.492 e. The first-order chi connectivity index (χ1) is 21.6. The van der Waals surface area contributed by atoms with Gasteiger partial charge in [-0.3, -0.25) is 0 Å². The SMILES string of the molecule is CN(C)CCOc1ccc(NC(=O)Nc2ccc(-c3nc(N4C5COCC4COC5)c4cnn(CC(F)(F)F)c4n3)cc2)cc1. The zero-order valence-electron chi connectivity index (χ0n) is 24.8. The van der Waals surface area contributed by atoms with Gasteiger partial charge in [-0.25, -0.2) is 19.4 Å². The monoisotopic (exact) mass is 626 g/mol. The summed E-state index contributed by atoms with van der Waals surface area (Å²) < 4.78 is 58.1. The van der Waals surface area contributed by atoms with Crippen LogP contribution in [0.25, 0.3) is 22.4 Å². The zero-order chi connectivity index (χ0) is 31.6. The van der Waals surface area contributed by atoms with Gasteiger partial charge in [0.25, 0.3) is 0 Å². The highest BCUT2D eigenvalue weighted by molar-refractivity contribution is 6.00. The van der Waals surface area contributed by atoms with Crippen molar-refractivity contribution in [1.82, 2.24) is 24.6 Å². The molecule has 4 aromatic rings. The zero-order valence-corrected chi connectivity index (χ0v) is 24.8. The lowest BCUT2D eigenvalue weighted by molar-refractivity contribution is -0.141. The van der Waals surface area contributed by atoms with Gasteiger partial charge in [0.05, 0.1) is 50.1 Å². The molecule has 238 valence electrons. The Morgan fingerprint density at radius 2 is 1.56 bits per heavy atom. The Morgan fingerprint density at radius 3 is 2.13 bits per heavy atom. The number of amides is 2. The van der Waals surface area contributed by atoms with Crippen LogP contribution in [0, 0.1) is 0 Å². The number of anilines is 3. The molecule has 0 unspecified atom stereocenters. The van der Waals surface area contributed by atoms with E-state index in [4.69, 9.17) is 19.2 Å². The number of likely N-dealkylation sites (N-methyl/N-ethyl adjacent to an activating group) is 1. The molecular weight excluding hydrogens is 593 g/mol. The van der Waals surface area contributed by atoms with Gasteiger partial charge in [-0.1, -0.05) is 0 Å². The van der Waals surface area contributed by atoms with Gasteiger partial charge in [0, 0.05) is 23.5 Å². The number of nitrogens with one attached hydrogen (secondary N) is 2. The molecule has 15 heteroatoms. The quantitative estimate of drug-likeness (QED) is 0.281. The van der Waals surface area contributed by atoms with Gasteiger partial charge < -0.3 is 34.6 Å². The van der Waals surface area contributed by atoms with Crippen molar-refractivity contribution in [2.24, 2.45) is 0 Å². The molecule has 2 aromatic heterocycles. The lowest BCUT2D eigenvalue weighted by Crippen LogP contribution is -2.60. The van der Waals surface area contributed by atoms with E-state index in [1.165, 1.54) is 6.20 Å². The van der Waals surface area contributed by atoms with Crippen LogP contribution in [0.5, 0.6) is 5.75 Å². The number of alkyl halides is 3. The van der Waals surface area contributed by atoms with Gasteiger partial charge >= 0.3 is 12.2 Å². The van der Waals surface area contributed by atoms with Gasteiger partial charge in [-0.2, -0.15) is 18.3 Å². The maximum Gasteiger partial charge on any atom is 0.408 e. The average Bonchev–Trinajstić information content (AvgIpc) is 3.38. The molecule has 2 saturated heterocycles. The smallest absolute Gasteiger partial charge is 0.408 e. The van der Waals surface area contributed by atoms with Crippen molar-refractivity contribution < 1.29 is 32.2 Å². The predicted octanol–water partition coefficient (Wildman–Crippen LogP) is 4.24. The van der Waals surface area contributed by atoms with Gasteiger partial charge in [-0.05, 0) is 62.6 Å². The van der Waals surface area contributed by atoms with E-state index in [0.29, 0.717) is 66.9 Å².